The summed E-state index contributed by atoms with van der Waals surface area (Å²) in [6.45, 7) is 5.91. The first-order valence-corrected chi connectivity index (χ1v) is 6.82. The molecule has 0 aliphatic heterocycles. The molecule has 18 heavy (non-hydrogen) atoms. The largest absolute Gasteiger partial charge is 0.503 e. The van der Waals surface area contributed by atoms with Crippen LogP contribution in [0, 0.1) is 0 Å². The number of likely N-dealkylation sites (N-methyl/N-ethyl adjacent to an activating group) is 1. The lowest BCUT2D eigenvalue weighted by atomic mass is 10.2. The van der Waals surface area contributed by atoms with Gasteiger partial charge in [0.2, 0.25) is 0 Å². The number of hydrogen-bond acceptors (Lipinski definition) is 4. The normalized spacial score (nSPS) is 10.9. The number of halogens is 1. The van der Waals surface area contributed by atoms with Gasteiger partial charge in [-0.2, -0.15) is 0 Å². The van der Waals surface area contributed by atoms with Gasteiger partial charge in [-0.1, -0.05) is 6.92 Å². The lowest BCUT2D eigenvalue weighted by Crippen LogP contribution is -2.28. The van der Waals surface area contributed by atoms with E-state index >= 15 is 0 Å². The first-order chi connectivity index (χ1) is 8.58. The molecule has 102 valence electrons. The van der Waals surface area contributed by atoms with Crippen LogP contribution < -0.4 is 10.1 Å². The van der Waals surface area contributed by atoms with Gasteiger partial charge in [0.1, 0.15) is 0 Å². The van der Waals surface area contributed by atoms with Gasteiger partial charge in [-0.3, -0.25) is 0 Å². The van der Waals surface area contributed by atoms with Crippen molar-refractivity contribution in [3.05, 3.63) is 22.2 Å². The molecule has 0 aliphatic rings. The van der Waals surface area contributed by atoms with Crippen LogP contribution in [0.4, 0.5) is 0 Å². The average molecular weight is 317 g/mol. The molecule has 0 aliphatic carbocycles. The molecule has 0 saturated carbocycles. The molecule has 0 amide bonds. The quantitative estimate of drug-likeness (QED) is 0.757. The van der Waals surface area contributed by atoms with Crippen molar-refractivity contribution in [2.24, 2.45) is 0 Å². The number of phenolic OH excluding ortho intramolecular Hbond substituents is 1. The molecule has 0 aromatic heterocycles. The summed E-state index contributed by atoms with van der Waals surface area (Å²) < 4.78 is 5.77. The minimum absolute atomic E-state index is 0.145. The van der Waals surface area contributed by atoms with Gasteiger partial charge in [0.15, 0.2) is 11.5 Å². The van der Waals surface area contributed by atoms with Crippen LogP contribution in [0.3, 0.4) is 0 Å². The van der Waals surface area contributed by atoms with Gasteiger partial charge in [-0.15, -0.1) is 0 Å². The van der Waals surface area contributed by atoms with E-state index in [1.54, 1.807) is 7.11 Å². The zero-order valence-corrected chi connectivity index (χ0v) is 12.7. The van der Waals surface area contributed by atoms with E-state index in [4.69, 9.17) is 4.74 Å². The van der Waals surface area contributed by atoms with Crippen LogP contribution in [0.25, 0.3) is 0 Å². The smallest absolute Gasteiger partial charge is 0.172 e. The number of nitrogens with zero attached hydrogens (tertiary/aromatic N) is 1. The van der Waals surface area contributed by atoms with Crippen molar-refractivity contribution in [3.63, 3.8) is 0 Å². The van der Waals surface area contributed by atoms with E-state index in [1.165, 1.54) is 0 Å². The van der Waals surface area contributed by atoms with Crippen LogP contribution in [0.5, 0.6) is 11.5 Å². The molecule has 1 aromatic carbocycles. The highest BCUT2D eigenvalue weighted by Gasteiger charge is 2.08. The van der Waals surface area contributed by atoms with Gasteiger partial charge in [0.25, 0.3) is 0 Å². The number of ether oxygens (including phenoxy) is 1. The van der Waals surface area contributed by atoms with Crippen molar-refractivity contribution in [2.45, 2.75) is 13.5 Å². The van der Waals surface area contributed by atoms with E-state index in [0.29, 0.717) is 10.2 Å². The number of aromatic hydroxyl groups is 1. The van der Waals surface area contributed by atoms with Gasteiger partial charge in [0, 0.05) is 19.6 Å². The number of phenols is 1. The number of nitrogens with one attached hydrogen (secondary N) is 1. The molecule has 0 spiro atoms. The summed E-state index contributed by atoms with van der Waals surface area (Å²) in [6, 6.07) is 3.74. The maximum atomic E-state index is 9.70. The fourth-order valence-electron chi connectivity index (χ4n) is 1.55. The Balaban J connectivity index is 2.50. The summed E-state index contributed by atoms with van der Waals surface area (Å²) in [4.78, 5) is 2.25. The molecule has 4 nitrogen and oxygen atoms in total. The first kappa shape index (κ1) is 15.3. The predicted octanol–water partition coefficient (Wildman–Crippen LogP) is 2.20. The maximum absolute atomic E-state index is 9.70. The summed E-state index contributed by atoms with van der Waals surface area (Å²) in [7, 11) is 3.65. The Morgan fingerprint density at radius 1 is 1.44 bits per heavy atom. The van der Waals surface area contributed by atoms with Gasteiger partial charge >= 0.3 is 0 Å². The zero-order chi connectivity index (χ0) is 13.5. The van der Waals surface area contributed by atoms with Crippen molar-refractivity contribution >= 4 is 15.9 Å². The van der Waals surface area contributed by atoms with E-state index < -0.39 is 0 Å². The first-order valence-electron chi connectivity index (χ1n) is 6.03. The maximum Gasteiger partial charge on any atom is 0.172 e. The third-order valence-electron chi connectivity index (χ3n) is 2.85. The van der Waals surface area contributed by atoms with Gasteiger partial charge in [-0.25, -0.2) is 0 Å². The molecule has 0 radical (unpaired) electrons. The van der Waals surface area contributed by atoms with Gasteiger partial charge in [0.05, 0.1) is 11.6 Å². The Hall–Kier alpha value is -0.780. The standard InChI is InChI=1S/C13H21BrN2O2/c1-4-16(2)6-5-15-9-10-7-11(14)13(17)12(8-10)18-3/h7-8,15,17H,4-6,9H2,1-3H3. The minimum Gasteiger partial charge on any atom is -0.503 e. The van der Waals surface area contributed by atoms with Crippen molar-refractivity contribution < 1.29 is 9.84 Å². The molecule has 1 rings (SSSR count). The van der Waals surface area contributed by atoms with E-state index in [0.717, 1.165) is 31.7 Å². The van der Waals surface area contributed by atoms with Crippen LogP contribution in [0.2, 0.25) is 0 Å². The summed E-state index contributed by atoms with van der Waals surface area (Å²) in [5.41, 5.74) is 1.08. The van der Waals surface area contributed by atoms with Crippen LogP contribution in [-0.4, -0.2) is 43.8 Å². The highest BCUT2D eigenvalue weighted by Crippen LogP contribution is 2.35. The number of methoxy groups -OCH3 is 1. The second kappa shape index (κ2) is 7.61. The fraction of sp³-hybridized carbons (Fsp3) is 0.538. The van der Waals surface area contributed by atoms with Crippen LogP contribution in [-0.2, 0) is 6.54 Å². The highest BCUT2D eigenvalue weighted by molar-refractivity contribution is 9.10. The SMILES string of the molecule is CCN(C)CCNCc1cc(Br)c(O)c(OC)c1. The Kier molecular flexibility index (Phi) is 6.46. The van der Waals surface area contributed by atoms with Crippen LogP contribution >= 0.6 is 15.9 Å². The van der Waals surface area contributed by atoms with Crippen LogP contribution in [0.15, 0.2) is 16.6 Å². The highest BCUT2D eigenvalue weighted by atomic mass is 79.9. The molecular weight excluding hydrogens is 296 g/mol. The summed E-state index contributed by atoms with van der Waals surface area (Å²) in [5.74, 6) is 0.638. The predicted molar refractivity (Wildman–Crippen MR) is 77.2 cm³/mol. The molecule has 0 unspecified atom stereocenters. The molecule has 0 bridgehead atoms. The zero-order valence-electron chi connectivity index (χ0n) is 11.2. The summed E-state index contributed by atoms with van der Waals surface area (Å²) in [5, 5.41) is 13.1. The molecule has 5 heteroatoms. The fourth-order valence-corrected chi connectivity index (χ4v) is 2.04. The van der Waals surface area contributed by atoms with Crippen LogP contribution in [0.1, 0.15) is 12.5 Å². The lowest BCUT2D eigenvalue weighted by molar-refractivity contribution is 0.348. The molecule has 0 fully saturated rings. The van der Waals surface area contributed by atoms with E-state index in [9.17, 15) is 5.11 Å². The lowest BCUT2D eigenvalue weighted by Gasteiger charge is -2.14. The second-order valence-electron chi connectivity index (χ2n) is 4.20. The van der Waals surface area contributed by atoms with E-state index in [1.807, 2.05) is 12.1 Å². The Bertz CT molecular complexity index is 385. The Morgan fingerprint density at radius 2 is 2.17 bits per heavy atom. The molecular formula is C13H21BrN2O2. The van der Waals surface area contributed by atoms with Crippen molar-refractivity contribution in [2.75, 3.05) is 33.8 Å². The molecule has 2 N–H and O–H groups in total. The number of rotatable bonds is 7. The van der Waals surface area contributed by atoms with Crippen molar-refractivity contribution in [1.82, 2.24) is 10.2 Å². The number of hydrogen-bond donors (Lipinski definition) is 2. The summed E-state index contributed by atoms with van der Waals surface area (Å²) in [6.07, 6.45) is 0. The molecule has 0 saturated heterocycles. The average Bonchev–Trinajstić information content (AvgIpc) is 2.38. The monoisotopic (exact) mass is 316 g/mol. The Morgan fingerprint density at radius 3 is 2.78 bits per heavy atom. The molecule has 1 aromatic rings. The van der Waals surface area contributed by atoms with E-state index in [2.05, 4.69) is 40.1 Å². The minimum atomic E-state index is 0.145. The topological polar surface area (TPSA) is 44.7 Å². The van der Waals surface area contributed by atoms with E-state index in [-0.39, 0.29) is 5.75 Å². The third-order valence-corrected chi connectivity index (χ3v) is 3.45. The van der Waals surface area contributed by atoms with Gasteiger partial charge < -0.3 is 20.1 Å². The molecule has 0 heterocycles. The summed E-state index contributed by atoms with van der Waals surface area (Å²) >= 11 is 3.32. The number of benzene rings is 1. The van der Waals surface area contributed by atoms with Gasteiger partial charge in [-0.05, 0) is 47.2 Å². The third kappa shape index (κ3) is 4.48. The molecule has 0 atom stereocenters. The van der Waals surface area contributed by atoms with Crippen molar-refractivity contribution in [1.29, 1.82) is 0 Å². The van der Waals surface area contributed by atoms with Crippen molar-refractivity contribution in [3.8, 4) is 11.5 Å². The second-order valence-corrected chi connectivity index (χ2v) is 5.06. The Labute approximate surface area is 117 Å².